The molecule has 1 rings (SSSR count). The molecule has 0 spiro atoms. The Morgan fingerprint density at radius 2 is 2.22 bits per heavy atom. The van der Waals surface area contributed by atoms with Gasteiger partial charge in [0.2, 0.25) is 10.0 Å². The minimum Gasteiger partial charge on any atom is -0.396 e. The molecule has 1 atom stereocenters. The first kappa shape index (κ1) is 16.1. The van der Waals surface area contributed by atoms with Crippen LogP contribution in [0.5, 0.6) is 0 Å². The predicted octanol–water partition coefficient (Wildman–Crippen LogP) is 2.51. The Bertz CT molecular complexity index is 465. The molecule has 7 heteroatoms. The minimum absolute atomic E-state index is 0.0872. The third kappa shape index (κ3) is 4.31. The molecule has 4 nitrogen and oxygen atoms in total. The van der Waals surface area contributed by atoms with Gasteiger partial charge in [-0.2, -0.15) is 0 Å². The summed E-state index contributed by atoms with van der Waals surface area (Å²) in [5.74, 6) is 0.175. The van der Waals surface area contributed by atoms with Gasteiger partial charge < -0.3 is 5.11 Å². The first-order valence-electron chi connectivity index (χ1n) is 5.77. The highest BCUT2D eigenvalue weighted by Gasteiger charge is 2.19. The number of thiophene rings is 1. The molecule has 0 aliphatic carbocycles. The van der Waals surface area contributed by atoms with Crippen molar-refractivity contribution in [3.05, 3.63) is 15.4 Å². The second-order valence-electron chi connectivity index (χ2n) is 4.16. The third-order valence-electron chi connectivity index (χ3n) is 2.78. The van der Waals surface area contributed by atoms with E-state index in [0.717, 1.165) is 15.8 Å². The number of nitrogens with one attached hydrogen (secondary N) is 1. The van der Waals surface area contributed by atoms with Crippen LogP contribution in [0.1, 0.15) is 25.3 Å². The van der Waals surface area contributed by atoms with Gasteiger partial charge in [-0.05, 0) is 46.8 Å². The largest absolute Gasteiger partial charge is 0.396 e. The maximum Gasteiger partial charge on any atom is 0.250 e. The van der Waals surface area contributed by atoms with Gasteiger partial charge in [0, 0.05) is 13.2 Å². The summed E-state index contributed by atoms with van der Waals surface area (Å²) in [5.41, 5.74) is 0.919. The second kappa shape index (κ2) is 7.00. The van der Waals surface area contributed by atoms with Gasteiger partial charge in [-0.3, -0.25) is 0 Å². The molecule has 0 amide bonds. The fourth-order valence-electron chi connectivity index (χ4n) is 1.50. The molecule has 0 saturated heterocycles. The van der Waals surface area contributed by atoms with E-state index in [9.17, 15) is 8.42 Å². The highest BCUT2D eigenvalue weighted by molar-refractivity contribution is 9.11. The van der Waals surface area contributed by atoms with Crippen molar-refractivity contribution >= 4 is 37.3 Å². The van der Waals surface area contributed by atoms with Crippen LogP contribution in [0.3, 0.4) is 0 Å². The molecule has 0 fully saturated rings. The molecule has 18 heavy (non-hydrogen) atoms. The summed E-state index contributed by atoms with van der Waals surface area (Å²) in [6.45, 7) is 4.30. The molecule has 1 aromatic heterocycles. The van der Waals surface area contributed by atoms with Crippen LogP contribution in [0.4, 0.5) is 0 Å². The number of hydrogen-bond donors (Lipinski definition) is 2. The summed E-state index contributed by atoms with van der Waals surface area (Å²) in [6.07, 6.45) is 1.46. The third-order valence-corrected chi connectivity index (χ3v) is 6.81. The predicted molar refractivity (Wildman–Crippen MR) is 77.4 cm³/mol. The second-order valence-corrected chi connectivity index (χ2v) is 8.52. The highest BCUT2D eigenvalue weighted by atomic mass is 79.9. The van der Waals surface area contributed by atoms with Gasteiger partial charge in [-0.25, -0.2) is 13.1 Å². The van der Waals surface area contributed by atoms with E-state index in [0.29, 0.717) is 17.2 Å². The molecule has 1 heterocycles. The standard InChI is InChI=1S/C11H18BrNO3S2/c1-3-9(4-5-14)7-13-18(15,16)10-6-8(2)11(12)17-10/h6,9,13-14H,3-5,7H2,1-2H3. The van der Waals surface area contributed by atoms with Crippen LogP contribution in [0.15, 0.2) is 14.1 Å². The van der Waals surface area contributed by atoms with Gasteiger partial charge in [0.15, 0.2) is 0 Å². The molecule has 0 saturated carbocycles. The van der Waals surface area contributed by atoms with Crippen molar-refractivity contribution in [1.29, 1.82) is 0 Å². The van der Waals surface area contributed by atoms with E-state index in [1.54, 1.807) is 6.07 Å². The molecule has 0 aromatic carbocycles. The van der Waals surface area contributed by atoms with Crippen molar-refractivity contribution in [3.8, 4) is 0 Å². The lowest BCUT2D eigenvalue weighted by Crippen LogP contribution is -2.29. The highest BCUT2D eigenvalue weighted by Crippen LogP contribution is 2.30. The summed E-state index contributed by atoms with van der Waals surface area (Å²) < 4.78 is 27.8. The number of halogens is 1. The van der Waals surface area contributed by atoms with Crippen LogP contribution in [0, 0.1) is 12.8 Å². The zero-order chi connectivity index (χ0) is 13.8. The first-order valence-corrected chi connectivity index (χ1v) is 8.86. The normalized spacial score (nSPS) is 13.8. The average Bonchev–Trinajstić information content (AvgIpc) is 2.66. The monoisotopic (exact) mass is 355 g/mol. The number of aliphatic hydroxyl groups is 1. The minimum atomic E-state index is -3.43. The maximum absolute atomic E-state index is 12.0. The van der Waals surface area contributed by atoms with Crippen molar-refractivity contribution in [3.63, 3.8) is 0 Å². The molecule has 0 aliphatic heterocycles. The van der Waals surface area contributed by atoms with Crippen molar-refractivity contribution in [2.45, 2.75) is 30.9 Å². The van der Waals surface area contributed by atoms with E-state index in [-0.39, 0.29) is 12.5 Å². The van der Waals surface area contributed by atoms with Crippen molar-refractivity contribution in [1.82, 2.24) is 4.72 Å². The molecule has 0 radical (unpaired) electrons. The Morgan fingerprint density at radius 3 is 2.67 bits per heavy atom. The number of hydrogen-bond acceptors (Lipinski definition) is 4. The van der Waals surface area contributed by atoms with E-state index in [1.165, 1.54) is 11.3 Å². The lowest BCUT2D eigenvalue weighted by molar-refractivity contribution is 0.254. The van der Waals surface area contributed by atoms with Crippen molar-refractivity contribution in [2.24, 2.45) is 5.92 Å². The molecule has 1 aromatic rings. The Labute approximate surface area is 121 Å². The summed E-state index contributed by atoms with van der Waals surface area (Å²) in [6, 6.07) is 1.66. The zero-order valence-electron chi connectivity index (χ0n) is 10.4. The summed E-state index contributed by atoms with van der Waals surface area (Å²) in [5, 5.41) is 8.87. The lowest BCUT2D eigenvalue weighted by Gasteiger charge is -2.13. The van der Waals surface area contributed by atoms with Gasteiger partial charge in [0.25, 0.3) is 0 Å². The average molecular weight is 356 g/mol. The molecule has 1 unspecified atom stereocenters. The van der Waals surface area contributed by atoms with Gasteiger partial charge in [-0.15, -0.1) is 11.3 Å². The summed E-state index contributed by atoms with van der Waals surface area (Å²) >= 11 is 4.53. The van der Waals surface area contributed by atoms with Crippen LogP contribution in [-0.2, 0) is 10.0 Å². The summed E-state index contributed by atoms with van der Waals surface area (Å²) in [7, 11) is -3.43. The Morgan fingerprint density at radius 1 is 1.56 bits per heavy atom. The van der Waals surface area contributed by atoms with Crippen LogP contribution in [0.2, 0.25) is 0 Å². The Kier molecular flexibility index (Phi) is 6.26. The number of sulfonamides is 1. The molecular weight excluding hydrogens is 338 g/mol. The van der Waals surface area contributed by atoms with Crippen LogP contribution >= 0.6 is 27.3 Å². The smallest absolute Gasteiger partial charge is 0.250 e. The van der Waals surface area contributed by atoms with Crippen LogP contribution < -0.4 is 4.72 Å². The van der Waals surface area contributed by atoms with Crippen molar-refractivity contribution in [2.75, 3.05) is 13.2 Å². The fourth-order valence-corrected chi connectivity index (χ4v) is 4.88. The molecule has 0 bridgehead atoms. The molecule has 2 N–H and O–H groups in total. The first-order chi connectivity index (χ1) is 8.40. The SMILES string of the molecule is CCC(CCO)CNS(=O)(=O)c1cc(C)c(Br)s1. The Hall–Kier alpha value is 0.0500. The lowest BCUT2D eigenvalue weighted by atomic mass is 10.0. The molecule has 104 valence electrons. The van der Waals surface area contributed by atoms with E-state index in [4.69, 9.17) is 5.11 Å². The fraction of sp³-hybridized carbons (Fsp3) is 0.636. The summed E-state index contributed by atoms with van der Waals surface area (Å²) in [4.78, 5) is 0. The van der Waals surface area contributed by atoms with Gasteiger partial charge in [0.1, 0.15) is 4.21 Å². The van der Waals surface area contributed by atoms with Gasteiger partial charge in [-0.1, -0.05) is 13.3 Å². The topological polar surface area (TPSA) is 66.4 Å². The van der Waals surface area contributed by atoms with Crippen LogP contribution in [-0.4, -0.2) is 26.7 Å². The van der Waals surface area contributed by atoms with E-state index in [1.807, 2.05) is 13.8 Å². The van der Waals surface area contributed by atoms with Gasteiger partial charge in [0.05, 0.1) is 3.79 Å². The number of aryl methyl sites for hydroxylation is 1. The quantitative estimate of drug-likeness (QED) is 0.789. The maximum atomic E-state index is 12.0. The number of rotatable bonds is 7. The number of aliphatic hydroxyl groups excluding tert-OH is 1. The van der Waals surface area contributed by atoms with E-state index in [2.05, 4.69) is 20.7 Å². The van der Waals surface area contributed by atoms with E-state index >= 15 is 0 Å². The molecule has 0 aliphatic rings. The van der Waals surface area contributed by atoms with Gasteiger partial charge >= 0.3 is 0 Å². The molecular formula is C11H18BrNO3S2. The van der Waals surface area contributed by atoms with Crippen LogP contribution in [0.25, 0.3) is 0 Å². The zero-order valence-corrected chi connectivity index (χ0v) is 13.7. The van der Waals surface area contributed by atoms with E-state index < -0.39 is 10.0 Å². The van der Waals surface area contributed by atoms with Crippen molar-refractivity contribution < 1.29 is 13.5 Å². The Balaban J connectivity index is 2.70.